The van der Waals surface area contributed by atoms with E-state index in [1.807, 2.05) is 0 Å². The summed E-state index contributed by atoms with van der Waals surface area (Å²) in [6.45, 7) is 12.7. The number of nitrogens with zero attached hydrogens (tertiary/aromatic N) is 1. The first kappa shape index (κ1) is 14.9. The molecule has 0 amide bonds. The van der Waals surface area contributed by atoms with Gasteiger partial charge in [-0.2, -0.15) is 0 Å². The topological polar surface area (TPSA) is 15.3 Å². The lowest BCUT2D eigenvalue weighted by Crippen LogP contribution is -2.43. The number of nitrogens with one attached hydrogen (secondary N) is 1. The van der Waals surface area contributed by atoms with E-state index in [1.165, 1.54) is 32.4 Å². The standard InChI is InChI=1S/C13H30N2/c1-6-9-13(10-14-5)15(8-3)11-12(4)7-2/h12-14H,6-11H2,1-5H3. The van der Waals surface area contributed by atoms with Crippen LogP contribution in [0.2, 0.25) is 0 Å². The number of likely N-dealkylation sites (N-methyl/N-ethyl adjacent to an activating group) is 2. The van der Waals surface area contributed by atoms with Gasteiger partial charge in [0.1, 0.15) is 0 Å². The van der Waals surface area contributed by atoms with Crippen molar-refractivity contribution < 1.29 is 0 Å². The molecule has 15 heavy (non-hydrogen) atoms. The molecule has 0 rings (SSSR count). The van der Waals surface area contributed by atoms with Crippen LogP contribution in [-0.4, -0.2) is 37.6 Å². The Bertz CT molecular complexity index is 130. The lowest BCUT2D eigenvalue weighted by Gasteiger charge is -2.32. The zero-order valence-electron chi connectivity index (χ0n) is 11.3. The van der Waals surface area contributed by atoms with E-state index in [4.69, 9.17) is 0 Å². The molecule has 0 aliphatic rings. The normalized spacial score (nSPS) is 15.6. The van der Waals surface area contributed by atoms with E-state index in [0.29, 0.717) is 0 Å². The second-order valence-electron chi connectivity index (χ2n) is 4.60. The van der Waals surface area contributed by atoms with Crippen LogP contribution < -0.4 is 5.32 Å². The first-order valence-electron chi connectivity index (χ1n) is 6.58. The maximum atomic E-state index is 3.32. The summed E-state index contributed by atoms with van der Waals surface area (Å²) in [6.07, 6.45) is 3.88. The van der Waals surface area contributed by atoms with Crippen molar-refractivity contribution in [2.24, 2.45) is 5.92 Å². The first-order chi connectivity index (χ1) is 7.19. The highest BCUT2D eigenvalue weighted by Gasteiger charge is 2.16. The van der Waals surface area contributed by atoms with Crippen LogP contribution in [0.15, 0.2) is 0 Å². The van der Waals surface area contributed by atoms with Crippen LogP contribution in [0.4, 0.5) is 0 Å². The molecule has 0 aromatic heterocycles. The van der Waals surface area contributed by atoms with Gasteiger partial charge in [-0.1, -0.05) is 40.5 Å². The second kappa shape index (κ2) is 9.17. The molecule has 2 unspecified atom stereocenters. The zero-order valence-corrected chi connectivity index (χ0v) is 11.3. The van der Waals surface area contributed by atoms with Crippen molar-refractivity contribution in [1.82, 2.24) is 10.2 Å². The highest BCUT2D eigenvalue weighted by atomic mass is 15.2. The SMILES string of the molecule is CCCC(CNC)N(CC)CC(C)CC. The molecular formula is C13H30N2. The Morgan fingerprint density at radius 3 is 2.27 bits per heavy atom. The molecule has 0 bridgehead atoms. The predicted octanol–water partition coefficient (Wildman–Crippen LogP) is 2.74. The molecule has 2 atom stereocenters. The molecule has 2 heteroatoms. The van der Waals surface area contributed by atoms with E-state index in [1.54, 1.807) is 0 Å². The molecule has 0 heterocycles. The van der Waals surface area contributed by atoms with Crippen molar-refractivity contribution in [1.29, 1.82) is 0 Å². The molecule has 0 aliphatic carbocycles. The summed E-state index contributed by atoms with van der Waals surface area (Å²) in [4.78, 5) is 2.63. The van der Waals surface area contributed by atoms with Gasteiger partial charge in [0.2, 0.25) is 0 Å². The fraction of sp³-hybridized carbons (Fsp3) is 1.00. The lowest BCUT2D eigenvalue weighted by molar-refractivity contribution is 0.167. The summed E-state index contributed by atoms with van der Waals surface area (Å²) >= 11 is 0. The Kier molecular flexibility index (Phi) is 9.12. The van der Waals surface area contributed by atoms with Crippen LogP contribution in [0.3, 0.4) is 0 Å². The number of hydrogen-bond donors (Lipinski definition) is 1. The summed E-state index contributed by atoms with van der Waals surface area (Å²) in [5, 5.41) is 3.32. The second-order valence-corrected chi connectivity index (χ2v) is 4.60. The minimum atomic E-state index is 0.721. The van der Waals surface area contributed by atoms with Crippen molar-refractivity contribution in [2.45, 2.75) is 53.0 Å². The average Bonchev–Trinajstić information content (AvgIpc) is 2.25. The quantitative estimate of drug-likeness (QED) is 0.635. The van der Waals surface area contributed by atoms with Gasteiger partial charge in [-0.15, -0.1) is 0 Å². The van der Waals surface area contributed by atoms with E-state index in [0.717, 1.165) is 18.5 Å². The molecule has 0 aromatic rings. The fourth-order valence-corrected chi connectivity index (χ4v) is 2.05. The Morgan fingerprint density at radius 1 is 1.20 bits per heavy atom. The maximum absolute atomic E-state index is 3.32. The Balaban J connectivity index is 4.16. The van der Waals surface area contributed by atoms with Gasteiger partial charge in [0.05, 0.1) is 0 Å². The minimum absolute atomic E-state index is 0.721. The maximum Gasteiger partial charge on any atom is 0.0220 e. The first-order valence-corrected chi connectivity index (χ1v) is 6.58. The average molecular weight is 214 g/mol. The zero-order chi connectivity index (χ0) is 11.7. The highest BCUT2D eigenvalue weighted by molar-refractivity contribution is 4.73. The van der Waals surface area contributed by atoms with E-state index < -0.39 is 0 Å². The van der Waals surface area contributed by atoms with Crippen molar-refractivity contribution in [3.05, 3.63) is 0 Å². The van der Waals surface area contributed by atoms with E-state index in [-0.39, 0.29) is 0 Å². The van der Waals surface area contributed by atoms with Gasteiger partial charge in [-0.05, 0) is 25.9 Å². The summed E-state index contributed by atoms with van der Waals surface area (Å²) in [6, 6.07) is 0.721. The summed E-state index contributed by atoms with van der Waals surface area (Å²) < 4.78 is 0. The fourth-order valence-electron chi connectivity index (χ4n) is 2.05. The van der Waals surface area contributed by atoms with Gasteiger partial charge < -0.3 is 5.32 Å². The third-order valence-electron chi connectivity index (χ3n) is 3.23. The third-order valence-corrected chi connectivity index (χ3v) is 3.23. The highest BCUT2D eigenvalue weighted by Crippen LogP contribution is 2.11. The summed E-state index contributed by atoms with van der Waals surface area (Å²) in [5.74, 6) is 0.821. The Morgan fingerprint density at radius 2 is 1.87 bits per heavy atom. The summed E-state index contributed by atoms with van der Waals surface area (Å²) in [5.41, 5.74) is 0. The predicted molar refractivity (Wildman–Crippen MR) is 69.3 cm³/mol. The van der Waals surface area contributed by atoms with Gasteiger partial charge in [0, 0.05) is 19.1 Å². The van der Waals surface area contributed by atoms with Gasteiger partial charge in [0.25, 0.3) is 0 Å². The lowest BCUT2D eigenvalue weighted by atomic mass is 10.1. The third kappa shape index (κ3) is 6.16. The molecule has 92 valence electrons. The van der Waals surface area contributed by atoms with Gasteiger partial charge in [-0.3, -0.25) is 4.90 Å². The number of rotatable bonds is 9. The van der Waals surface area contributed by atoms with E-state index in [9.17, 15) is 0 Å². The molecule has 0 fully saturated rings. The minimum Gasteiger partial charge on any atom is -0.318 e. The molecule has 0 saturated carbocycles. The van der Waals surface area contributed by atoms with Crippen LogP contribution >= 0.6 is 0 Å². The molecule has 2 nitrogen and oxygen atoms in total. The largest absolute Gasteiger partial charge is 0.318 e. The summed E-state index contributed by atoms with van der Waals surface area (Å²) in [7, 11) is 2.06. The van der Waals surface area contributed by atoms with Gasteiger partial charge >= 0.3 is 0 Å². The van der Waals surface area contributed by atoms with Crippen LogP contribution in [-0.2, 0) is 0 Å². The van der Waals surface area contributed by atoms with Crippen LogP contribution in [0.5, 0.6) is 0 Å². The molecule has 0 aliphatic heterocycles. The Hall–Kier alpha value is -0.0800. The molecule has 0 spiro atoms. The number of hydrogen-bond acceptors (Lipinski definition) is 2. The van der Waals surface area contributed by atoms with Gasteiger partial charge in [0.15, 0.2) is 0 Å². The van der Waals surface area contributed by atoms with Crippen molar-refractivity contribution >= 4 is 0 Å². The molecular weight excluding hydrogens is 184 g/mol. The monoisotopic (exact) mass is 214 g/mol. The molecule has 1 N–H and O–H groups in total. The smallest absolute Gasteiger partial charge is 0.0220 e. The van der Waals surface area contributed by atoms with Crippen molar-refractivity contribution in [3.8, 4) is 0 Å². The molecule has 0 radical (unpaired) electrons. The van der Waals surface area contributed by atoms with E-state index >= 15 is 0 Å². The van der Waals surface area contributed by atoms with E-state index in [2.05, 4.69) is 45.0 Å². The van der Waals surface area contributed by atoms with Crippen LogP contribution in [0.25, 0.3) is 0 Å². The van der Waals surface area contributed by atoms with Crippen LogP contribution in [0.1, 0.15) is 47.0 Å². The van der Waals surface area contributed by atoms with Crippen LogP contribution in [0, 0.1) is 5.92 Å². The Labute approximate surface area is 96.4 Å². The molecule has 0 aromatic carbocycles. The van der Waals surface area contributed by atoms with Crippen molar-refractivity contribution in [2.75, 3.05) is 26.7 Å². The molecule has 0 saturated heterocycles. The van der Waals surface area contributed by atoms with Crippen molar-refractivity contribution in [3.63, 3.8) is 0 Å². The van der Waals surface area contributed by atoms with Gasteiger partial charge in [-0.25, -0.2) is 0 Å².